The van der Waals surface area contributed by atoms with Crippen LogP contribution < -0.4 is 15.8 Å². The van der Waals surface area contributed by atoms with Crippen molar-refractivity contribution in [3.63, 3.8) is 0 Å². The molecule has 6 heteroatoms. The zero-order valence-corrected chi connectivity index (χ0v) is 11.8. The summed E-state index contributed by atoms with van der Waals surface area (Å²) in [6, 6.07) is 6.79. The molecule has 1 unspecified atom stereocenters. The SMILES string of the molecule is COc1ccc(C)cc1NC(=O)C(C)n1ccc(N)n1. The highest BCUT2D eigenvalue weighted by Gasteiger charge is 2.17. The number of carbonyl (C=O) groups excluding carboxylic acids is 1. The van der Waals surface area contributed by atoms with Crippen molar-refractivity contribution in [2.45, 2.75) is 19.9 Å². The number of rotatable bonds is 4. The summed E-state index contributed by atoms with van der Waals surface area (Å²) in [7, 11) is 1.57. The summed E-state index contributed by atoms with van der Waals surface area (Å²) in [5, 5.41) is 6.88. The van der Waals surface area contributed by atoms with E-state index in [-0.39, 0.29) is 5.91 Å². The quantitative estimate of drug-likeness (QED) is 0.893. The fourth-order valence-electron chi connectivity index (χ4n) is 1.85. The Balaban J connectivity index is 2.17. The van der Waals surface area contributed by atoms with E-state index in [1.54, 1.807) is 26.3 Å². The molecular formula is C14H18N4O2. The second kappa shape index (κ2) is 5.64. The van der Waals surface area contributed by atoms with E-state index >= 15 is 0 Å². The van der Waals surface area contributed by atoms with Crippen LogP contribution in [0.3, 0.4) is 0 Å². The van der Waals surface area contributed by atoms with Crippen LogP contribution >= 0.6 is 0 Å². The second-order valence-corrected chi connectivity index (χ2v) is 4.59. The van der Waals surface area contributed by atoms with Gasteiger partial charge in [-0.15, -0.1) is 0 Å². The van der Waals surface area contributed by atoms with Crippen molar-refractivity contribution in [2.75, 3.05) is 18.2 Å². The highest BCUT2D eigenvalue weighted by Crippen LogP contribution is 2.26. The van der Waals surface area contributed by atoms with Gasteiger partial charge in [-0.2, -0.15) is 5.10 Å². The van der Waals surface area contributed by atoms with Crippen molar-refractivity contribution in [2.24, 2.45) is 0 Å². The molecule has 1 heterocycles. The molecule has 0 radical (unpaired) electrons. The number of anilines is 2. The molecule has 1 aromatic carbocycles. The smallest absolute Gasteiger partial charge is 0.249 e. The summed E-state index contributed by atoms with van der Waals surface area (Å²) in [5.41, 5.74) is 7.23. The van der Waals surface area contributed by atoms with Gasteiger partial charge in [-0.05, 0) is 37.6 Å². The van der Waals surface area contributed by atoms with Crippen LogP contribution in [-0.4, -0.2) is 22.8 Å². The summed E-state index contributed by atoms with van der Waals surface area (Å²) >= 11 is 0. The summed E-state index contributed by atoms with van der Waals surface area (Å²) < 4.78 is 6.75. The average Bonchev–Trinajstić information content (AvgIpc) is 2.84. The number of methoxy groups -OCH3 is 1. The molecule has 2 aromatic rings. The van der Waals surface area contributed by atoms with Gasteiger partial charge < -0.3 is 15.8 Å². The Morgan fingerprint density at radius 3 is 2.80 bits per heavy atom. The molecule has 6 nitrogen and oxygen atoms in total. The lowest BCUT2D eigenvalue weighted by molar-refractivity contribution is -0.119. The van der Waals surface area contributed by atoms with Gasteiger partial charge >= 0.3 is 0 Å². The predicted molar refractivity (Wildman–Crippen MR) is 77.7 cm³/mol. The van der Waals surface area contributed by atoms with Crippen LogP contribution in [0.5, 0.6) is 5.75 Å². The lowest BCUT2D eigenvalue weighted by atomic mass is 10.2. The van der Waals surface area contributed by atoms with Crippen molar-refractivity contribution in [3.05, 3.63) is 36.0 Å². The minimum Gasteiger partial charge on any atom is -0.495 e. The molecule has 1 aromatic heterocycles. The van der Waals surface area contributed by atoms with Crippen LogP contribution in [0, 0.1) is 6.92 Å². The maximum absolute atomic E-state index is 12.2. The molecule has 0 saturated heterocycles. The number of amides is 1. The van der Waals surface area contributed by atoms with Gasteiger partial charge in [0.1, 0.15) is 17.6 Å². The van der Waals surface area contributed by atoms with Crippen molar-refractivity contribution in [3.8, 4) is 5.75 Å². The van der Waals surface area contributed by atoms with Gasteiger partial charge in [-0.25, -0.2) is 0 Å². The molecule has 3 N–H and O–H groups in total. The maximum atomic E-state index is 12.2. The van der Waals surface area contributed by atoms with E-state index in [1.807, 2.05) is 25.1 Å². The largest absolute Gasteiger partial charge is 0.495 e. The van der Waals surface area contributed by atoms with Crippen LogP contribution in [0.4, 0.5) is 11.5 Å². The molecule has 0 bridgehead atoms. The Bertz CT molecular complexity index is 621. The second-order valence-electron chi connectivity index (χ2n) is 4.59. The van der Waals surface area contributed by atoms with Crippen molar-refractivity contribution < 1.29 is 9.53 Å². The molecule has 1 atom stereocenters. The zero-order valence-electron chi connectivity index (χ0n) is 11.8. The number of nitrogens with one attached hydrogen (secondary N) is 1. The van der Waals surface area contributed by atoms with E-state index in [0.717, 1.165) is 5.56 Å². The molecule has 0 saturated carbocycles. The van der Waals surface area contributed by atoms with E-state index in [1.165, 1.54) is 4.68 Å². The first-order chi connectivity index (χ1) is 9.51. The number of aryl methyl sites for hydroxylation is 1. The molecule has 106 valence electrons. The maximum Gasteiger partial charge on any atom is 0.249 e. The van der Waals surface area contributed by atoms with Gasteiger partial charge in [0.25, 0.3) is 0 Å². The number of carbonyl (C=O) groups is 1. The number of hydrogen-bond acceptors (Lipinski definition) is 4. The monoisotopic (exact) mass is 274 g/mol. The lowest BCUT2D eigenvalue weighted by Gasteiger charge is -2.15. The lowest BCUT2D eigenvalue weighted by Crippen LogP contribution is -2.24. The van der Waals surface area contributed by atoms with E-state index in [2.05, 4.69) is 10.4 Å². The van der Waals surface area contributed by atoms with Gasteiger partial charge in [0.15, 0.2) is 0 Å². The first kappa shape index (κ1) is 13.9. The molecule has 20 heavy (non-hydrogen) atoms. The number of nitrogens with two attached hydrogens (primary N) is 1. The van der Waals surface area contributed by atoms with Crippen LogP contribution in [0.15, 0.2) is 30.5 Å². The van der Waals surface area contributed by atoms with Crippen LogP contribution in [0.25, 0.3) is 0 Å². The van der Waals surface area contributed by atoms with E-state index < -0.39 is 6.04 Å². The number of hydrogen-bond donors (Lipinski definition) is 2. The zero-order chi connectivity index (χ0) is 14.7. The summed E-state index contributed by atoms with van der Waals surface area (Å²) in [4.78, 5) is 12.2. The fraction of sp³-hybridized carbons (Fsp3) is 0.286. The third kappa shape index (κ3) is 2.90. The van der Waals surface area contributed by atoms with Gasteiger partial charge in [-0.1, -0.05) is 6.07 Å². The van der Waals surface area contributed by atoms with Crippen molar-refractivity contribution in [1.82, 2.24) is 9.78 Å². The Morgan fingerprint density at radius 2 is 2.20 bits per heavy atom. The molecular weight excluding hydrogens is 256 g/mol. The minimum atomic E-state index is -0.461. The highest BCUT2D eigenvalue weighted by atomic mass is 16.5. The minimum absolute atomic E-state index is 0.183. The van der Waals surface area contributed by atoms with E-state index in [4.69, 9.17) is 10.5 Å². The van der Waals surface area contributed by atoms with Crippen LogP contribution in [0.1, 0.15) is 18.5 Å². The summed E-state index contributed by atoms with van der Waals surface area (Å²) in [5.74, 6) is 0.825. The van der Waals surface area contributed by atoms with Gasteiger partial charge in [0.2, 0.25) is 5.91 Å². The first-order valence-corrected chi connectivity index (χ1v) is 6.27. The van der Waals surface area contributed by atoms with Gasteiger partial charge in [0, 0.05) is 6.20 Å². The molecule has 0 spiro atoms. The van der Waals surface area contributed by atoms with Gasteiger partial charge in [0.05, 0.1) is 12.8 Å². The van der Waals surface area contributed by atoms with Crippen molar-refractivity contribution >= 4 is 17.4 Å². The van der Waals surface area contributed by atoms with Crippen LogP contribution in [0.2, 0.25) is 0 Å². The van der Waals surface area contributed by atoms with Gasteiger partial charge in [-0.3, -0.25) is 9.48 Å². The third-order valence-corrected chi connectivity index (χ3v) is 3.02. The number of aromatic nitrogens is 2. The molecule has 2 rings (SSSR count). The van der Waals surface area contributed by atoms with Crippen LogP contribution in [-0.2, 0) is 4.79 Å². The number of ether oxygens (including phenoxy) is 1. The number of nitrogens with zero attached hydrogens (tertiary/aromatic N) is 2. The molecule has 1 amide bonds. The predicted octanol–water partition coefficient (Wildman–Crippen LogP) is 1.98. The Labute approximate surface area is 117 Å². The average molecular weight is 274 g/mol. The topological polar surface area (TPSA) is 82.2 Å². The Hall–Kier alpha value is -2.50. The molecule has 0 fully saturated rings. The standard InChI is InChI=1S/C14H18N4O2/c1-9-4-5-12(20-3)11(8-9)16-14(19)10(2)18-7-6-13(15)17-18/h4-8,10H,1-3H3,(H2,15,17)(H,16,19). The first-order valence-electron chi connectivity index (χ1n) is 6.27. The summed E-state index contributed by atoms with van der Waals surface area (Å²) in [6.07, 6.45) is 1.67. The fourth-order valence-corrected chi connectivity index (χ4v) is 1.85. The van der Waals surface area contributed by atoms with Crippen molar-refractivity contribution in [1.29, 1.82) is 0 Å². The Kier molecular flexibility index (Phi) is 3.93. The van der Waals surface area contributed by atoms with E-state index in [0.29, 0.717) is 17.3 Å². The Morgan fingerprint density at radius 1 is 1.45 bits per heavy atom. The molecule has 0 aliphatic carbocycles. The highest BCUT2D eigenvalue weighted by molar-refractivity contribution is 5.94. The third-order valence-electron chi connectivity index (χ3n) is 3.02. The molecule has 0 aliphatic heterocycles. The number of nitrogen functional groups attached to an aromatic ring is 1. The summed E-state index contributed by atoms with van der Waals surface area (Å²) in [6.45, 7) is 3.71. The van der Waals surface area contributed by atoms with E-state index in [9.17, 15) is 4.79 Å². The molecule has 0 aliphatic rings. The number of benzene rings is 1. The normalized spacial score (nSPS) is 11.9.